The van der Waals surface area contributed by atoms with Crippen molar-refractivity contribution in [3.63, 3.8) is 0 Å². The number of hydrogen-bond acceptors (Lipinski definition) is 4. The number of carbonyl (C=O) groups excluding carboxylic acids is 1. The van der Waals surface area contributed by atoms with E-state index in [0.717, 1.165) is 11.3 Å². The molecule has 0 aliphatic heterocycles. The molecule has 1 heterocycles. The van der Waals surface area contributed by atoms with E-state index >= 15 is 0 Å². The lowest BCUT2D eigenvalue weighted by Gasteiger charge is -2.13. The fourth-order valence-electron chi connectivity index (χ4n) is 1.73. The summed E-state index contributed by atoms with van der Waals surface area (Å²) in [5.41, 5.74) is 5.97. The summed E-state index contributed by atoms with van der Waals surface area (Å²) < 4.78 is 14.4. The number of ketones is 1. The summed E-state index contributed by atoms with van der Waals surface area (Å²) in [6.45, 7) is 1.85. The highest BCUT2D eigenvalue weighted by Gasteiger charge is 2.23. The molecule has 106 valence electrons. The molecule has 19 heavy (non-hydrogen) atoms. The van der Waals surface area contributed by atoms with Crippen molar-refractivity contribution in [3.05, 3.63) is 50.7 Å². The zero-order valence-electron chi connectivity index (χ0n) is 10.2. The van der Waals surface area contributed by atoms with Crippen LogP contribution in [0.4, 0.5) is 4.39 Å². The standard InChI is InChI=1S/C13H12ClFN2OS.3H2/c1-2-9(16)7-3-4-8(14)10(11(7)15)12(18)13-17-5-6-19-13;;;/h3-6,9H,2,16H2,1H3;3*1H/t9-;;;/m1.../s1. The minimum atomic E-state index is -0.651. The highest BCUT2D eigenvalue weighted by atomic mass is 35.5. The maximum atomic E-state index is 14.4. The molecule has 0 saturated heterocycles. The van der Waals surface area contributed by atoms with Gasteiger partial charge >= 0.3 is 0 Å². The second-order valence-corrected chi connectivity index (χ2v) is 5.31. The molecule has 0 radical (unpaired) electrons. The van der Waals surface area contributed by atoms with E-state index in [2.05, 4.69) is 4.98 Å². The summed E-state index contributed by atoms with van der Waals surface area (Å²) in [6.07, 6.45) is 2.06. The van der Waals surface area contributed by atoms with Crippen LogP contribution in [0.15, 0.2) is 23.7 Å². The molecule has 1 atom stereocenters. The zero-order chi connectivity index (χ0) is 14.0. The summed E-state index contributed by atoms with van der Waals surface area (Å²) in [7, 11) is 0. The van der Waals surface area contributed by atoms with Crippen LogP contribution in [0.2, 0.25) is 5.02 Å². The summed E-state index contributed by atoms with van der Waals surface area (Å²) in [5.74, 6) is -1.16. The maximum absolute atomic E-state index is 14.4. The Bertz CT molecular complexity index is 614. The molecular formula is C13H18ClFN2OS. The van der Waals surface area contributed by atoms with Gasteiger partial charge in [-0.1, -0.05) is 24.6 Å². The molecule has 2 aromatic rings. The van der Waals surface area contributed by atoms with Crippen molar-refractivity contribution in [1.29, 1.82) is 0 Å². The van der Waals surface area contributed by atoms with Gasteiger partial charge in [-0.2, -0.15) is 0 Å². The second kappa shape index (κ2) is 5.77. The van der Waals surface area contributed by atoms with Crippen LogP contribution in [-0.2, 0) is 0 Å². The minimum Gasteiger partial charge on any atom is -0.324 e. The molecule has 0 fully saturated rings. The molecule has 0 aliphatic rings. The average Bonchev–Trinajstić information content (AvgIpc) is 2.91. The van der Waals surface area contributed by atoms with E-state index in [-0.39, 0.29) is 19.9 Å². The third kappa shape index (κ3) is 2.68. The van der Waals surface area contributed by atoms with Gasteiger partial charge in [0.05, 0.1) is 10.6 Å². The number of nitrogens with zero attached hydrogens (tertiary/aromatic N) is 1. The Hall–Kier alpha value is -1.30. The lowest BCUT2D eigenvalue weighted by molar-refractivity contribution is 0.103. The van der Waals surface area contributed by atoms with Crippen LogP contribution in [0, 0.1) is 5.82 Å². The number of halogens is 2. The first kappa shape index (κ1) is 14.1. The molecule has 2 N–H and O–H groups in total. The topological polar surface area (TPSA) is 56.0 Å². The summed E-state index contributed by atoms with van der Waals surface area (Å²) >= 11 is 7.08. The molecule has 1 aromatic carbocycles. The number of nitrogens with two attached hydrogens (primary N) is 1. The molecule has 3 nitrogen and oxygen atoms in total. The predicted octanol–water partition coefficient (Wildman–Crippen LogP) is 4.31. The maximum Gasteiger partial charge on any atom is 0.226 e. The van der Waals surface area contributed by atoms with Gasteiger partial charge in [0.1, 0.15) is 5.82 Å². The quantitative estimate of drug-likeness (QED) is 0.856. The third-order valence-electron chi connectivity index (χ3n) is 2.81. The molecule has 0 aliphatic carbocycles. The summed E-state index contributed by atoms with van der Waals surface area (Å²) in [5, 5.41) is 1.94. The number of thiazole rings is 1. The zero-order valence-corrected chi connectivity index (χ0v) is 11.8. The van der Waals surface area contributed by atoms with Crippen LogP contribution in [0.5, 0.6) is 0 Å². The van der Waals surface area contributed by atoms with E-state index in [4.69, 9.17) is 17.3 Å². The minimum absolute atomic E-state index is 0. The van der Waals surface area contributed by atoms with E-state index in [0.29, 0.717) is 12.0 Å². The number of rotatable bonds is 4. The molecule has 0 spiro atoms. The van der Waals surface area contributed by atoms with Gasteiger partial charge in [0.2, 0.25) is 5.78 Å². The number of benzene rings is 1. The number of carbonyl (C=O) groups is 1. The van der Waals surface area contributed by atoms with Crippen LogP contribution in [0.1, 0.15) is 44.6 Å². The molecule has 0 saturated carbocycles. The largest absolute Gasteiger partial charge is 0.324 e. The third-order valence-corrected chi connectivity index (χ3v) is 3.90. The van der Waals surface area contributed by atoms with Gasteiger partial charge in [-0.15, -0.1) is 11.3 Å². The van der Waals surface area contributed by atoms with Crippen molar-refractivity contribution >= 4 is 28.7 Å². The smallest absolute Gasteiger partial charge is 0.226 e. The predicted molar refractivity (Wildman–Crippen MR) is 80.5 cm³/mol. The Morgan fingerprint density at radius 3 is 2.95 bits per heavy atom. The van der Waals surface area contributed by atoms with E-state index in [9.17, 15) is 9.18 Å². The van der Waals surface area contributed by atoms with E-state index in [1.54, 1.807) is 5.38 Å². The highest BCUT2D eigenvalue weighted by molar-refractivity contribution is 7.11. The van der Waals surface area contributed by atoms with E-state index in [1.165, 1.54) is 18.3 Å². The van der Waals surface area contributed by atoms with Gasteiger partial charge < -0.3 is 5.73 Å². The Kier molecular flexibility index (Phi) is 4.29. The molecule has 0 amide bonds. The van der Waals surface area contributed by atoms with Crippen LogP contribution in [0.25, 0.3) is 0 Å². The fraction of sp³-hybridized carbons (Fsp3) is 0.231. The Labute approximate surface area is 123 Å². The van der Waals surface area contributed by atoms with E-state index < -0.39 is 17.6 Å². The average molecular weight is 305 g/mol. The van der Waals surface area contributed by atoms with E-state index in [1.807, 2.05) is 6.92 Å². The van der Waals surface area contributed by atoms with Crippen molar-refractivity contribution < 1.29 is 13.5 Å². The number of hydrogen-bond donors (Lipinski definition) is 1. The first-order chi connectivity index (χ1) is 9.06. The Balaban J connectivity index is 0. The van der Waals surface area contributed by atoms with Gasteiger partial charge in [0, 0.05) is 27.5 Å². The molecule has 0 unspecified atom stereocenters. The summed E-state index contributed by atoms with van der Waals surface area (Å²) in [4.78, 5) is 16.1. The van der Waals surface area contributed by atoms with Crippen LogP contribution < -0.4 is 5.73 Å². The van der Waals surface area contributed by atoms with Gasteiger partial charge in [0.15, 0.2) is 5.01 Å². The molecular weight excluding hydrogens is 287 g/mol. The van der Waals surface area contributed by atoms with Crippen LogP contribution in [0.3, 0.4) is 0 Å². The van der Waals surface area contributed by atoms with Crippen LogP contribution >= 0.6 is 22.9 Å². The van der Waals surface area contributed by atoms with Gasteiger partial charge in [-0.25, -0.2) is 9.37 Å². The lowest BCUT2D eigenvalue weighted by Crippen LogP contribution is -2.14. The summed E-state index contributed by atoms with van der Waals surface area (Å²) in [6, 6.07) is 2.56. The van der Waals surface area contributed by atoms with Crippen molar-refractivity contribution in [1.82, 2.24) is 4.98 Å². The molecule has 0 bridgehead atoms. The number of aromatic nitrogens is 1. The van der Waals surface area contributed by atoms with Gasteiger partial charge in [0.25, 0.3) is 0 Å². The fourth-order valence-corrected chi connectivity index (χ4v) is 2.54. The van der Waals surface area contributed by atoms with Gasteiger partial charge in [-0.3, -0.25) is 4.79 Å². The Morgan fingerprint density at radius 2 is 2.37 bits per heavy atom. The van der Waals surface area contributed by atoms with Crippen LogP contribution in [-0.4, -0.2) is 10.8 Å². The lowest BCUT2D eigenvalue weighted by atomic mass is 9.99. The Morgan fingerprint density at radius 1 is 1.63 bits per heavy atom. The first-order valence-corrected chi connectivity index (χ1v) is 6.99. The normalized spacial score (nSPS) is 12.4. The first-order valence-electron chi connectivity index (χ1n) is 5.74. The van der Waals surface area contributed by atoms with Crippen molar-refractivity contribution in [2.24, 2.45) is 5.73 Å². The van der Waals surface area contributed by atoms with Crippen molar-refractivity contribution in [2.75, 3.05) is 0 Å². The van der Waals surface area contributed by atoms with Crippen molar-refractivity contribution in [2.45, 2.75) is 19.4 Å². The van der Waals surface area contributed by atoms with Gasteiger partial charge in [-0.05, 0) is 12.5 Å². The monoisotopic (exact) mass is 304 g/mol. The molecule has 6 heteroatoms. The second-order valence-electron chi connectivity index (χ2n) is 4.01. The molecule has 2 rings (SSSR count). The SMILES string of the molecule is CC[C@@H](N)c1ccc(Cl)c(C(=O)c2nccs2)c1F.[HH].[HH].[HH]. The highest BCUT2D eigenvalue weighted by Crippen LogP contribution is 2.28. The molecule has 1 aromatic heterocycles. The van der Waals surface area contributed by atoms with Crippen molar-refractivity contribution in [3.8, 4) is 0 Å².